The van der Waals surface area contributed by atoms with Gasteiger partial charge in [-0.1, -0.05) is 30.3 Å². The average molecular weight is 273 g/mol. The molecule has 102 valence electrons. The maximum atomic E-state index is 4.47. The Balaban J connectivity index is 1.56. The lowest BCUT2D eigenvalue weighted by Crippen LogP contribution is -1.99. The lowest BCUT2D eigenvalue weighted by Gasteiger charge is -2.07. The van der Waals surface area contributed by atoms with Crippen LogP contribution < -0.4 is 5.32 Å². The molecular formula is C18H15N3. The van der Waals surface area contributed by atoms with Crippen molar-refractivity contribution in [3.63, 3.8) is 0 Å². The molecule has 0 saturated heterocycles. The van der Waals surface area contributed by atoms with Crippen LogP contribution in [-0.2, 0) is 6.54 Å². The molecule has 0 spiro atoms. The van der Waals surface area contributed by atoms with E-state index in [9.17, 15) is 0 Å². The first-order valence-corrected chi connectivity index (χ1v) is 7.03. The molecule has 3 nitrogen and oxygen atoms in total. The smallest absolute Gasteiger partial charge is 0.0703 e. The van der Waals surface area contributed by atoms with Gasteiger partial charge in [0.05, 0.1) is 17.4 Å². The summed E-state index contributed by atoms with van der Waals surface area (Å²) < 4.78 is 0. The van der Waals surface area contributed by atoms with E-state index in [1.165, 1.54) is 16.5 Å². The molecule has 2 N–H and O–H groups in total. The van der Waals surface area contributed by atoms with E-state index in [1.54, 1.807) is 0 Å². The Kier molecular flexibility index (Phi) is 2.82. The first-order chi connectivity index (χ1) is 10.4. The zero-order valence-corrected chi connectivity index (χ0v) is 11.5. The van der Waals surface area contributed by atoms with Crippen LogP contribution in [-0.4, -0.2) is 9.97 Å². The van der Waals surface area contributed by atoms with E-state index in [0.29, 0.717) is 0 Å². The fraction of sp³-hybridized carbons (Fsp3) is 0.0556. The number of nitrogens with zero attached hydrogens (tertiary/aromatic N) is 1. The molecule has 0 aliphatic rings. The van der Waals surface area contributed by atoms with Crippen molar-refractivity contribution in [2.24, 2.45) is 0 Å². The Bertz CT molecular complexity index is 908. The number of aromatic nitrogens is 2. The maximum absolute atomic E-state index is 4.47. The van der Waals surface area contributed by atoms with E-state index < -0.39 is 0 Å². The van der Waals surface area contributed by atoms with Crippen LogP contribution in [0.15, 0.2) is 67.0 Å². The van der Waals surface area contributed by atoms with E-state index in [0.717, 1.165) is 23.1 Å². The standard InChI is InChI=1S/C18H15N3/c1-2-4-17-15(3-1)10-16(12-21-17)20-11-13-5-6-14-7-8-19-18(14)9-13/h1-10,12,19-20H,11H2. The lowest BCUT2D eigenvalue weighted by molar-refractivity contribution is 1.15. The minimum absolute atomic E-state index is 0.787. The summed E-state index contributed by atoms with van der Waals surface area (Å²) in [7, 11) is 0. The third-order valence-electron chi connectivity index (χ3n) is 3.71. The van der Waals surface area contributed by atoms with Gasteiger partial charge in [0.1, 0.15) is 0 Å². The molecule has 3 heteroatoms. The number of hydrogen-bond donors (Lipinski definition) is 2. The van der Waals surface area contributed by atoms with Gasteiger partial charge in [-0.2, -0.15) is 0 Å². The van der Waals surface area contributed by atoms with Gasteiger partial charge in [-0.25, -0.2) is 0 Å². The number of hydrogen-bond acceptors (Lipinski definition) is 2. The second kappa shape index (κ2) is 4.94. The van der Waals surface area contributed by atoms with Crippen molar-refractivity contribution in [2.45, 2.75) is 6.54 Å². The quantitative estimate of drug-likeness (QED) is 0.583. The number of rotatable bonds is 3. The fourth-order valence-corrected chi connectivity index (χ4v) is 2.58. The molecule has 0 unspecified atom stereocenters. The van der Waals surface area contributed by atoms with Crippen LogP contribution >= 0.6 is 0 Å². The molecule has 0 aliphatic heterocycles. The molecule has 4 aromatic rings. The second-order valence-electron chi connectivity index (χ2n) is 5.17. The van der Waals surface area contributed by atoms with Crippen LogP contribution in [0, 0.1) is 0 Å². The zero-order valence-electron chi connectivity index (χ0n) is 11.5. The van der Waals surface area contributed by atoms with Gasteiger partial charge in [-0.3, -0.25) is 4.98 Å². The van der Waals surface area contributed by atoms with Crippen molar-refractivity contribution in [3.05, 3.63) is 72.6 Å². The van der Waals surface area contributed by atoms with Crippen molar-refractivity contribution in [1.82, 2.24) is 9.97 Å². The number of para-hydroxylation sites is 1. The third kappa shape index (κ3) is 2.34. The van der Waals surface area contributed by atoms with Gasteiger partial charge in [-0.15, -0.1) is 0 Å². The maximum Gasteiger partial charge on any atom is 0.0703 e. The summed E-state index contributed by atoms with van der Waals surface area (Å²) in [6.07, 6.45) is 3.85. The highest BCUT2D eigenvalue weighted by Gasteiger charge is 2.00. The Labute approximate surface area is 122 Å². The predicted molar refractivity (Wildman–Crippen MR) is 87.4 cm³/mol. The largest absolute Gasteiger partial charge is 0.380 e. The Morgan fingerprint density at radius 3 is 2.90 bits per heavy atom. The van der Waals surface area contributed by atoms with Crippen molar-refractivity contribution in [2.75, 3.05) is 5.32 Å². The van der Waals surface area contributed by atoms with Crippen molar-refractivity contribution in [3.8, 4) is 0 Å². The van der Waals surface area contributed by atoms with E-state index in [4.69, 9.17) is 0 Å². The first kappa shape index (κ1) is 12.0. The van der Waals surface area contributed by atoms with Crippen LogP contribution in [0.5, 0.6) is 0 Å². The number of aromatic amines is 1. The van der Waals surface area contributed by atoms with E-state index >= 15 is 0 Å². The third-order valence-corrected chi connectivity index (χ3v) is 3.71. The zero-order chi connectivity index (χ0) is 14.1. The van der Waals surface area contributed by atoms with Crippen LogP contribution in [0.2, 0.25) is 0 Å². The highest BCUT2D eigenvalue weighted by molar-refractivity contribution is 5.82. The Morgan fingerprint density at radius 1 is 0.952 bits per heavy atom. The highest BCUT2D eigenvalue weighted by atomic mass is 14.9. The lowest BCUT2D eigenvalue weighted by atomic mass is 10.1. The molecule has 2 aromatic carbocycles. The number of benzene rings is 2. The van der Waals surface area contributed by atoms with Crippen molar-refractivity contribution >= 4 is 27.5 Å². The van der Waals surface area contributed by atoms with Gasteiger partial charge < -0.3 is 10.3 Å². The molecule has 0 aliphatic carbocycles. The number of anilines is 1. The van der Waals surface area contributed by atoms with E-state index in [-0.39, 0.29) is 0 Å². The summed E-state index contributed by atoms with van der Waals surface area (Å²) in [6.45, 7) is 0.787. The van der Waals surface area contributed by atoms with E-state index in [1.807, 2.05) is 30.6 Å². The molecular weight excluding hydrogens is 258 g/mol. The molecule has 0 amide bonds. The summed E-state index contributed by atoms with van der Waals surface area (Å²) in [4.78, 5) is 7.71. The van der Waals surface area contributed by atoms with Crippen LogP contribution in [0.1, 0.15) is 5.56 Å². The minimum atomic E-state index is 0.787. The molecule has 2 heterocycles. The van der Waals surface area contributed by atoms with Gasteiger partial charge in [0.25, 0.3) is 0 Å². The molecule has 0 saturated carbocycles. The number of H-pyrrole nitrogens is 1. The monoisotopic (exact) mass is 273 g/mol. The highest BCUT2D eigenvalue weighted by Crippen LogP contribution is 2.18. The van der Waals surface area contributed by atoms with Gasteiger partial charge in [0.15, 0.2) is 0 Å². The predicted octanol–water partition coefficient (Wildman–Crippen LogP) is 4.33. The molecule has 4 rings (SSSR count). The number of pyridine rings is 1. The number of fused-ring (bicyclic) bond motifs is 2. The van der Waals surface area contributed by atoms with Gasteiger partial charge >= 0.3 is 0 Å². The molecule has 0 fully saturated rings. The van der Waals surface area contributed by atoms with E-state index in [2.05, 4.69) is 51.7 Å². The minimum Gasteiger partial charge on any atom is -0.380 e. The second-order valence-corrected chi connectivity index (χ2v) is 5.17. The first-order valence-electron chi connectivity index (χ1n) is 7.03. The summed E-state index contributed by atoms with van der Waals surface area (Å²) in [5.74, 6) is 0. The SMILES string of the molecule is c1ccc2ncc(NCc3ccc4cc[nH]c4c3)cc2c1. The molecule has 0 bridgehead atoms. The summed E-state index contributed by atoms with van der Waals surface area (Å²) >= 11 is 0. The van der Waals surface area contributed by atoms with Gasteiger partial charge in [0, 0.05) is 23.6 Å². The summed E-state index contributed by atoms with van der Waals surface area (Å²) in [5.41, 5.74) is 4.49. The Morgan fingerprint density at radius 2 is 1.90 bits per heavy atom. The molecule has 0 radical (unpaired) electrons. The molecule has 0 atom stereocenters. The fourth-order valence-electron chi connectivity index (χ4n) is 2.58. The van der Waals surface area contributed by atoms with Gasteiger partial charge in [-0.05, 0) is 35.2 Å². The molecule has 2 aromatic heterocycles. The summed E-state index contributed by atoms with van der Waals surface area (Å²) in [5, 5.41) is 5.83. The number of nitrogens with one attached hydrogen (secondary N) is 2. The van der Waals surface area contributed by atoms with Crippen LogP contribution in [0.4, 0.5) is 5.69 Å². The van der Waals surface area contributed by atoms with Crippen molar-refractivity contribution in [1.29, 1.82) is 0 Å². The Hall–Kier alpha value is -2.81. The molecule has 21 heavy (non-hydrogen) atoms. The van der Waals surface area contributed by atoms with Gasteiger partial charge in [0.2, 0.25) is 0 Å². The normalized spacial score (nSPS) is 11.0. The summed E-state index contributed by atoms with van der Waals surface area (Å²) in [6, 6.07) is 18.8. The van der Waals surface area contributed by atoms with Crippen LogP contribution in [0.3, 0.4) is 0 Å². The van der Waals surface area contributed by atoms with Crippen LogP contribution in [0.25, 0.3) is 21.8 Å². The topological polar surface area (TPSA) is 40.7 Å². The average Bonchev–Trinajstić information content (AvgIpc) is 3.00. The van der Waals surface area contributed by atoms with Crippen molar-refractivity contribution < 1.29 is 0 Å².